The number of hydrogen-bond acceptors (Lipinski definition) is 4. The van der Waals surface area contributed by atoms with Crippen molar-refractivity contribution in [3.8, 4) is 0 Å². The first kappa shape index (κ1) is 19.5. The van der Waals surface area contributed by atoms with E-state index >= 15 is 0 Å². The van der Waals surface area contributed by atoms with Crippen LogP contribution in [0.25, 0.3) is 6.08 Å². The van der Waals surface area contributed by atoms with E-state index in [2.05, 4.69) is 32.9 Å². The quantitative estimate of drug-likeness (QED) is 0.319. The van der Waals surface area contributed by atoms with Crippen molar-refractivity contribution in [2.24, 2.45) is 0 Å². The highest BCUT2D eigenvalue weighted by atomic mass is 79.9. The van der Waals surface area contributed by atoms with Gasteiger partial charge in [-0.3, -0.25) is 24.5 Å². The van der Waals surface area contributed by atoms with Gasteiger partial charge in [0.25, 0.3) is 11.8 Å². The first-order valence-corrected chi connectivity index (χ1v) is 9.44. The molecule has 0 saturated carbocycles. The Balaban J connectivity index is 1.96. The topological polar surface area (TPSA) is 67.2 Å². The fourth-order valence-electron chi connectivity index (χ4n) is 2.53. The van der Waals surface area contributed by atoms with Crippen LogP contribution >= 0.6 is 39.7 Å². The van der Waals surface area contributed by atoms with Crippen molar-refractivity contribution in [3.05, 3.63) is 69.4 Å². The lowest BCUT2D eigenvalue weighted by Crippen LogP contribution is -2.53. The highest BCUT2D eigenvalue weighted by Crippen LogP contribution is 2.23. The van der Waals surface area contributed by atoms with Gasteiger partial charge < -0.3 is 0 Å². The number of hydrogen-bond donors (Lipinski definition) is 1. The van der Waals surface area contributed by atoms with Crippen molar-refractivity contribution in [2.75, 3.05) is 6.54 Å². The summed E-state index contributed by atoms with van der Waals surface area (Å²) in [5.41, 5.74) is 1.54. The Morgan fingerprint density at radius 2 is 2.00 bits per heavy atom. The SMILES string of the molecule is C=CCN1C(=O)C(=Cc2c(Br)cnn2Cc2ccc(Cl)cc2)C(=O)NC1=S. The molecule has 0 spiro atoms. The number of carbonyl (C=O) groups excluding carboxylic acids is 2. The maximum absolute atomic E-state index is 12.7. The molecule has 138 valence electrons. The normalized spacial score (nSPS) is 16.0. The Kier molecular flexibility index (Phi) is 5.88. The van der Waals surface area contributed by atoms with Gasteiger partial charge in [-0.2, -0.15) is 5.10 Å². The van der Waals surface area contributed by atoms with E-state index in [-0.39, 0.29) is 17.2 Å². The summed E-state index contributed by atoms with van der Waals surface area (Å²) in [5, 5.41) is 7.55. The fraction of sp³-hybridized carbons (Fsp3) is 0.111. The van der Waals surface area contributed by atoms with Crippen molar-refractivity contribution in [1.82, 2.24) is 20.0 Å². The first-order chi connectivity index (χ1) is 12.9. The summed E-state index contributed by atoms with van der Waals surface area (Å²) in [6, 6.07) is 7.36. The Hall–Kier alpha value is -2.29. The van der Waals surface area contributed by atoms with Crippen LogP contribution in [0.3, 0.4) is 0 Å². The molecule has 0 atom stereocenters. The van der Waals surface area contributed by atoms with Gasteiger partial charge in [-0.1, -0.05) is 29.8 Å². The predicted molar refractivity (Wildman–Crippen MR) is 111 cm³/mol. The molecule has 0 radical (unpaired) electrons. The summed E-state index contributed by atoms with van der Waals surface area (Å²) >= 11 is 14.4. The molecule has 3 rings (SSSR count). The molecular weight excluding hydrogens is 452 g/mol. The zero-order chi connectivity index (χ0) is 19.6. The van der Waals surface area contributed by atoms with Crippen molar-refractivity contribution >= 4 is 62.8 Å². The highest BCUT2D eigenvalue weighted by molar-refractivity contribution is 9.10. The van der Waals surface area contributed by atoms with Gasteiger partial charge in [-0.25, -0.2) is 0 Å². The van der Waals surface area contributed by atoms with Crippen molar-refractivity contribution in [2.45, 2.75) is 6.54 Å². The van der Waals surface area contributed by atoms with E-state index in [1.54, 1.807) is 29.1 Å². The number of aromatic nitrogens is 2. The molecule has 2 heterocycles. The maximum Gasteiger partial charge on any atom is 0.266 e. The maximum atomic E-state index is 12.7. The summed E-state index contributed by atoms with van der Waals surface area (Å²) in [5.74, 6) is -1.02. The lowest BCUT2D eigenvalue weighted by molar-refractivity contribution is -0.128. The lowest BCUT2D eigenvalue weighted by Gasteiger charge is -2.27. The molecule has 6 nitrogen and oxygen atoms in total. The molecule has 2 aromatic rings. The van der Waals surface area contributed by atoms with Crippen LogP contribution in [0.1, 0.15) is 11.3 Å². The van der Waals surface area contributed by atoms with E-state index in [1.165, 1.54) is 11.0 Å². The third kappa shape index (κ3) is 4.18. The number of nitrogens with zero attached hydrogens (tertiary/aromatic N) is 3. The number of amides is 2. The van der Waals surface area contributed by atoms with E-state index < -0.39 is 11.8 Å². The number of halogens is 2. The number of benzene rings is 1. The Morgan fingerprint density at radius 1 is 1.30 bits per heavy atom. The second-order valence-corrected chi connectivity index (χ2v) is 7.36. The smallest absolute Gasteiger partial charge is 0.266 e. The minimum atomic E-state index is -0.545. The van der Waals surface area contributed by atoms with E-state index in [1.807, 2.05) is 12.1 Å². The van der Waals surface area contributed by atoms with Gasteiger partial charge in [0.1, 0.15) is 5.57 Å². The molecule has 1 aliphatic heterocycles. The van der Waals surface area contributed by atoms with Crippen LogP contribution in [0.4, 0.5) is 0 Å². The van der Waals surface area contributed by atoms with Gasteiger partial charge in [0.05, 0.1) is 22.9 Å². The van der Waals surface area contributed by atoms with Crippen LogP contribution in [0.5, 0.6) is 0 Å². The summed E-state index contributed by atoms with van der Waals surface area (Å²) in [7, 11) is 0. The minimum absolute atomic E-state index is 0.0241. The predicted octanol–water partition coefficient (Wildman–Crippen LogP) is 3.16. The van der Waals surface area contributed by atoms with Gasteiger partial charge in [0.15, 0.2) is 5.11 Å². The molecular formula is C18H14BrClN4O2S. The minimum Gasteiger partial charge on any atom is -0.298 e. The molecule has 1 fully saturated rings. The third-order valence-electron chi connectivity index (χ3n) is 3.86. The van der Waals surface area contributed by atoms with Crippen LogP contribution in [0.15, 0.2) is 53.2 Å². The van der Waals surface area contributed by atoms with E-state index in [0.29, 0.717) is 21.7 Å². The molecule has 27 heavy (non-hydrogen) atoms. The molecule has 1 N–H and O–H groups in total. The van der Waals surface area contributed by atoms with Gasteiger partial charge in [0.2, 0.25) is 0 Å². The second-order valence-electron chi connectivity index (χ2n) is 5.68. The lowest BCUT2D eigenvalue weighted by atomic mass is 10.1. The largest absolute Gasteiger partial charge is 0.298 e. The Morgan fingerprint density at radius 3 is 2.67 bits per heavy atom. The van der Waals surface area contributed by atoms with Crippen molar-refractivity contribution in [1.29, 1.82) is 0 Å². The van der Waals surface area contributed by atoms with Crippen molar-refractivity contribution in [3.63, 3.8) is 0 Å². The molecule has 0 bridgehead atoms. The zero-order valence-electron chi connectivity index (χ0n) is 14.0. The van der Waals surface area contributed by atoms with Gasteiger partial charge in [0, 0.05) is 11.6 Å². The number of thiocarbonyl (C=S) groups is 1. The molecule has 0 aliphatic carbocycles. The number of rotatable bonds is 5. The van der Waals surface area contributed by atoms with Gasteiger partial charge >= 0.3 is 0 Å². The fourth-order valence-corrected chi connectivity index (χ4v) is 3.32. The summed E-state index contributed by atoms with van der Waals surface area (Å²) in [6.45, 7) is 4.27. The standard InChI is InChI=1S/C18H14BrClN4O2S/c1-2-7-23-17(26)13(16(25)22-18(23)27)8-15-14(19)9-21-24(15)10-11-3-5-12(20)6-4-11/h2-6,8-9H,1,7,10H2,(H,22,25,27). The molecule has 2 amide bonds. The van der Waals surface area contributed by atoms with Crippen LogP contribution in [-0.2, 0) is 16.1 Å². The number of carbonyl (C=O) groups is 2. The number of nitrogens with one attached hydrogen (secondary N) is 1. The van der Waals surface area contributed by atoms with E-state index in [4.69, 9.17) is 23.8 Å². The summed E-state index contributed by atoms with van der Waals surface area (Å²) in [4.78, 5) is 26.3. The second kappa shape index (κ2) is 8.16. The highest BCUT2D eigenvalue weighted by Gasteiger charge is 2.33. The van der Waals surface area contributed by atoms with Crippen molar-refractivity contribution < 1.29 is 9.59 Å². The Bertz CT molecular complexity index is 968. The van der Waals surface area contributed by atoms with Crippen LogP contribution in [0, 0.1) is 0 Å². The molecule has 1 aromatic heterocycles. The molecule has 9 heteroatoms. The van der Waals surface area contributed by atoms with E-state index in [9.17, 15) is 9.59 Å². The molecule has 1 aliphatic rings. The monoisotopic (exact) mass is 464 g/mol. The summed E-state index contributed by atoms with van der Waals surface area (Å²) < 4.78 is 2.35. The van der Waals surface area contributed by atoms with Gasteiger partial charge in [-0.05, 0) is 51.9 Å². The molecule has 1 saturated heterocycles. The first-order valence-electron chi connectivity index (χ1n) is 7.86. The molecule has 1 aromatic carbocycles. The molecule has 0 unspecified atom stereocenters. The average molecular weight is 466 g/mol. The Labute approximate surface area is 174 Å². The van der Waals surface area contributed by atoms with Crippen LogP contribution < -0.4 is 5.32 Å². The zero-order valence-corrected chi connectivity index (χ0v) is 17.1. The average Bonchev–Trinajstić information content (AvgIpc) is 2.97. The third-order valence-corrected chi connectivity index (χ3v) is 5.04. The van der Waals surface area contributed by atoms with Crippen LogP contribution in [-0.4, -0.2) is 38.2 Å². The van der Waals surface area contributed by atoms with Crippen LogP contribution in [0.2, 0.25) is 5.02 Å². The van der Waals surface area contributed by atoms with E-state index in [0.717, 1.165) is 5.56 Å². The summed E-state index contributed by atoms with van der Waals surface area (Å²) in [6.07, 6.45) is 4.65. The van der Waals surface area contributed by atoms with Gasteiger partial charge in [-0.15, -0.1) is 6.58 Å².